The van der Waals surface area contributed by atoms with E-state index in [0.29, 0.717) is 0 Å². The molecule has 0 atom stereocenters. The number of Topliss-reactive ketones (excluding diaryl/α,β-unsaturated/α-hetero) is 2. The van der Waals surface area contributed by atoms with Crippen LogP contribution < -0.4 is 0 Å². The number of hydrogen-bond acceptors (Lipinski definition) is 2. The Balaban J connectivity index is -0.000000180. The summed E-state index contributed by atoms with van der Waals surface area (Å²) in [5.74, 6) is -0.437. The SMILES string of the molecule is [CH2-]C(=O)CC(C)=O.[Co].[Ti]. The van der Waals surface area contributed by atoms with Gasteiger partial charge < -0.3 is 11.7 Å². The number of hydrogen-bond donors (Lipinski definition) is 0. The molecule has 0 aromatic rings. The summed E-state index contributed by atoms with van der Waals surface area (Å²) >= 11 is 0. The third-order valence-corrected chi connectivity index (χ3v) is 0.446. The average molecular weight is 206 g/mol. The Morgan fingerprint density at radius 1 is 1.44 bits per heavy atom. The van der Waals surface area contributed by atoms with E-state index in [4.69, 9.17) is 0 Å². The molecule has 0 aromatic carbocycles. The number of rotatable bonds is 2. The van der Waals surface area contributed by atoms with Crippen molar-refractivity contribution in [3.8, 4) is 0 Å². The molecule has 0 spiro atoms. The molecule has 0 aliphatic carbocycles. The van der Waals surface area contributed by atoms with Crippen LogP contribution in [0.4, 0.5) is 0 Å². The number of carbonyl (C=O) groups excluding carboxylic acids is 2. The molecule has 4 heteroatoms. The van der Waals surface area contributed by atoms with E-state index in [0.717, 1.165) is 0 Å². The molecule has 0 aromatic heterocycles. The van der Waals surface area contributed by atoms with Gasteiger partial charge in [0.05, 0.1) is 0 Å². The topological polar surface area (TPSA) is 34.1 Å². The summed E-state index contributed by atoms with van der Waals surface area (Å²) < 4.78 is 0. The van der Waals surface area contributed by atoms with Gasteiger partial charge in [-0.15, -0.1) is 0 Å². The van der Waals surface area contributed by atoms with Gasteiger partial charge in [0.2, 0.25) is 0 Å². The van der Waals surface area contributed by atoms with Crippen LogP contribution in [0.3, 0.4) is 0 Å². The predicted molar refractivity (Wildman–Crippen MR) is 25.7 cm³/mol. The molecule has 0 saturated carbocycles. The fourth-order valence-electron chi connectivity index (χ4n) is 0.278. The summed E-state index contributed by atoms with van der Waals surface area (Å²) in [4.78, 5) is 19.9. The smallest absolute Gasteiger partial charge is 0.134 e. The van der Waals surface area contributed by atoms with Crippen molar-refractivity contribution in [2.75, 3.05) is 0 Å². The van der Waals surface area contributed by atoms with E-state index in [1.807, 2.05) is 0 Å². The molecule has 0 N–H and O–H groups in total. The van der Waals surface area contributed by atoms with Crippen molar-refractivity contribution in [3.63, 3.8) is 0 Å². The first-order chi connectivity index (χ1) is 3.13. The standard InChI is InChI=1S/C5H7O2.Co.Ti/c1-4(6)3-5(2)7;;/h1,3H2,2H3;;/q-1;;. The minimum atomic E-state index is -0.312. The van der Waals surface area contributed by atoms with Gasteiger partial charge in [0.1, 0.15) is 5.78 Å². The van der Waals surface area contributed by atoms with E-state index in [-0.39, 0.29) is 56.5 Å². The zero-order valence-corrected chi connectivity index (χ0v) is 7.67. The maximum atomic E-state index is 9.99. The summed E-state index contributed by atoms with van der Waals surface area (Å²) in [6, 6.07) is 0. The second-order valence-electron chi connectivity index (χ2n) is 1.42. The normalized spacial score (nSPS) is 6.33. The Kier molecular flexibility index (Phi) is 15.2. The van der Waals surface area contributed by atoms with Crippen molar-refractivity contribution in [1.29, 1.82) is 0 Å². The molecule has 0 aliphatic heterocycles. The Morgan fingerprint density at radius 2 is 1.78 bits per heavy atom. The fraction of sp³-hybridized carbons (Fsp3) is 0.400. The van der Waals surface area contributed by atoms with E-state index in [1.165, 1.54) is 6.92 Å². The van der Waals surface area contributed by atoms with Crippen LogP contribution in [0.2, 0.25) is 0 Å². The van der Waals surface area contributed by atoms with Crippen molar-refractivity contribution in [2.24, 2.45) is 0 Å². The van der Waals surface area contributed by atoms with Gasteiger partial charge in [-0.2, -0.15) is 0 Å². The van der Waals surface area contributed by atoms with Crippen LogP contribution in [-0.4, -0.2) is 11.6 Å². The first-order valence-electron chi connectivity index (χ1n) is 1.97. The van der Waals surface area contributed by atoms with Crippen molar-refractivity contribution < 1.29 is 48.1 Å². The summed E-state index contributed by atoms with van der Waals surface area (Å²) in [6.45, 7) is 4.38. The van der Waals surface area contributed by atoms with Gasteiger partial charge in [-0.3, -0.25) is 4.79 Å². The summed E-state index contributed by atoms with van der Waals surface area (Å²) in [5.41, 5.74) is 0. The average Bonchev–Trinajstić information content (AvgIpc) is 1.27. The molecule has 1 radical (unpaired) electrons. The third-order valence-electron chi connectivity index (χ3n) is 0.446. The quantitative estimate of drug-likeness (QED) is 0.371. The predicted octanol–water partition coefficient (Wildman–Crippen LogP) is 0.364. The molecule has 0 amide bonds. The van der Waals surface area contributed by atoms with Crippen LogP contribution in [0.25, 0.3) is 0 Å². The van der Waals surface area contributed by atoms with Crippen molar-refractivity contribution in [2.45, 2.75) is 13.3 Å². The van der Waals surface area contributed by atoms with Gasteiger partial charge in [0.15, 0.2) is 0 Å². The molecule has 0 saturated heterocycles. The minimum Gasteiger partial charge on any atom is -0.339 e. The van der Waals surface area contributed by atoms with Gasteiger partial charge >= 0.3 is 0 Å². The van der Waals surface area contributed by atoms with Crippen LogP contribution >= 0.6 is 0 Å². The van der Waals surface area contributed by atoms with Crippen LogP contribution in [0.15, 0.2) is 0 Å². The number of carbonyl (C=O) groups is 2. The minimum absolute atomic E-state index is 0. The second kappa shape index (κ2) is 8.43. The molecule has 0 heterocycles. The van der Waals surface area contributed by atoms with E-state index in [2.05, 4.69) is 6.92 Å². The Bertz CT molecular complexity index is 91.1. The van der Waals surface area contributed by atoms with Crippen LogP contribution in [-0.2, 0) is 48.1 Å². The molecule has 0 fully saturated rings. The van der Waals surface area contributed by atoms with Crippen LogP contribution in [0.1, 0.15) is 13.3 Å². The van der Waals surface area contributed by atoms with Crippen LogP contribution in [0.5, 0.6) is 0 Å². The van der Waals surface area contributed by atoms with Gasteiger partial charge in [0, 0.05) is 50.7 Å². The molecule has 9 heavy (non-hydrogen) atoms. The zero-order chi connectivity index (χ0) is 5.86. The number of ketones is 2. The van der Waals surface area contributed by atoms with Gasteiger partial charge in [-0.25, -0.2) is 0 Å². The largest absolute Gasteiger partial charge is 0.339 e. The maximum absolute atomic E-state index is 9.99. The van der Waals surface area contributed by atoms with Gasteiger partial charge in [0.25, 0.3) is 0 Å². The Morgan fingerprint density at radius 3 is 1.78 bits per heavy atom. The molecular formula is C5H7CoO2Ti-. The molecule has 2 nitrogen and oxygen atoms in total. The molecular weight excluding hydrogens is 199 g/mol. The van der Waals surface area contributed by atoms with Crippen molar-refractivity contribution in [3.05, 3.63) is 6.92 Å². The second-order valence-corrected chi connectivity index (χ2v) is 1.42. The molecule has 0 aliphatic rings. The third kappa shape index (κ3) is 17.8. The van der Waals surface area contributed by atoms with Crippen molar-refractivity contribution in [1.82, 2.24) is 0 Å². The van der Waals surface area contributed by atoms with E-state index in [1.54, 1.807) is 0 Å². The van der Waals surface area contributed by atoms with Gasteiger partial charge in [-0.05, 0) is 6.92 Å². The van der Waals surface area contributed by atoms with Crippen molar-refractivity contribution >= 4 is 11.6 Å². The monoisotopic (exact) mass is 206 g/mol. The molecule has 0 bridgehead atoms. The summed E-state index contributed by atoms with van der Waals surface area (Å²) in [5, 5.41) is 0. The molecule has 53 valence electrons. The molecule has 0 unspecified atom stereocenters. The zero-order valence-electron chi connectivity index (χ0n) is 5.06. The van der Waals surface area contributed by atoms with E-state index >= 15 is 0 Å². The summed E-state index contributed by atoms with van der Waals surface area (Å²) in [7, 11) is 0. The fourth-order valence-corrected chi connectivity index (χ4v) is 0.278. The maximum Gasteiger partial charge on any atom is 0.134 e. The first kappa shape index (κ1) is 16.2. The molecule has 0 rings (SSSR count). The Hall–Kier alpha value is 0.431. The summed E-state index contributed by atoms with van der Waals surface area (Å²) in [6.07, 6.45) is -0.0278. The first-order valence-corrected chi connectivity index (χ1v) is 1.97. The Labute approximate surface area is 79.8 Å². The van der Waals surface area contributed by atoms with Crippen LogP contribution in [0, 0.1) is 6.92 Å². The van der Waals surface area contributed by atoms with Gasteiger partial charge in [-0.1, -0.05) is 0 Å². The van der Waals surface area contributed by atoms with E-state index < -0.39 is 0 Å². The van der Waals surface area contributed by atoms with E-state index in [9.17, 15) is 9.59 Å².